The van der Waals surface area contributed by atoms with Crippen LogP contribution in [0.2, 0.25) is 0 Å². The van der Waals surface area contributed by atoms with Gasteiger partial charge in [-0.25, -0.2) is 15.0 Å². The van der Waals surface area contributed by atoms with E-state index in [2.05, 4.69) is 15.7 Å². The van der Waals surface area contributed by atoms with E-state index in [-0.39, 0.29) is 31.7 Å². The van der Waals surface area contributed by atoms with Crippen molar-refractivity contribution in [1.82, 2.24) is 15.9 Å². The maximum Gasteiger partial charge on any atom is 0.534 e. The lowest BCUT2D eigenvalue weighted by molar-refractivity contribution is -0.177. The summed E-state index contributed by atoms with van der Waals surface area (Å²) >= 11 is 0. The Morgan fingerprint density at radius 3 is 2.31 bits per heavy atom. The summed E-state index contributed by atoms with van der Waals surface area (Å²) in [7, 11) is 0. The molecule has 0 bridgehead atoms. The van der Waals surface area contributed by atoms with E-state index in [1.54, 1.807) is 26.8 Å². The van der Waals surface area contributed by atoms with Crippen LogP contribution in [-0.2, 0) is 41.8 Å². The van der Waals surface area contributed by atoms with Crippen molar-refractivity contribution < 1.29 is 43.0 Å². The number of benzene rings is 1. The molecule has 0 aromatic heterocycles. The van der Waals surface area contributed by atoms with Gasteiger partial charge in [0.15, 0.2) is 0 Å². The van der Waals surface area contributed by atoms with E-state index < -0.39 is 35.6 Å². The zero-order chi connectivity index (χ0) is 23.9. The van der Waals surface area contributed by atoms with Crippen LogP contribution in [0.5, 0.6) is 5.75 Å². The second kappa shape index (κ2) is 10.6. The third-order valence-electron chi connectivity index (χ3n) is 3.82. The van der Waals surface area contributed by atoms with Crippen LogP contribution in [-0.4, -0.2) is 40.7 Å². The Bertz CT molecular complexity index is 892. The molecule has 0 atom stereocenters. The summed E-state index contributed by atoms with van der Waals surface area (Å²) in [4.78, 5) is 62.5. The highest BCUT2D eigenvalue weighted by atomic mass is 16.8. The average Bonchev–Trinajstić information content (AvgIpc) is 2.97. The first kappa shape index (κ1) is 24.6. The van der Waals surface area contributed by atoms with Crippen LogP contribution in [0, 0.1) is 0 Å². The zero-order valence-electron chi connectivity index (χ0n) is 18.2. The summed E-state index contributed by atoms with van der Waals surface area (Å²) in [5, 5.41) is 0.374. The number of hydrogen-bond acceptors (Lipinski definition) is 10. The maximum absolute atomic E-state index is 11.9. The molecule has 0 spiro atoms. The molecule has 1 fully saturated rings. The Morgan fingerprint density at radius 1 is 1.06 bits per heavy atom. The molecule has 1 aliphatic rings. The number of hydrogen-bond donors (Lipinski definition) is 2. The molecule has 2 N–H and O–H groups in total. The predicted molar refractivity (Wildman–Crippen MR) is 106 cm³/mol. The van der Waals surface area contributed by atoms with Gasteiger partial charge in [-0.05, 0) is 44.0 Å². The van der Waals surface area contributed by atoms with Crippen LogP contribution in [0.15, 0.2) is 18.2 Å². The van der Waals surface area contributed by atoms with Crippen LogP contribution >= 0.6 is 0 Å². The molecule has 1 aromatic rings. The van der Waals surface area contributed by atoms with Gasteiger partial charge in [0.05, 0.1) is 0 Å². The lowest BCUT2D eigenvalue weighted by Crippen LogP contribution is -2.40. The Morgan fingerprint density at radius 2 is 1.72 bits per heavy atom. The van der Waals surface area contributed by atoms with Crippen molar-refractivity contribution in [2.24, 2.45) is 0 Å². The standard InChI is InChI=1S/C20H25N3O9/c1-12(24)30-15-6-5-13(11-29-19(28)32-23-16(25)7-8-17(23)26)14(9-15)10-21-22-18(27)31-20(2,3)4/h5-6,9,21H,7-8,10-11H2,1-4H3,(H,22,27). The van der Waals surface area contributed by atoms with Gasteiger partial charge in [0.25, 0.3) is 11.8 Å². The van der Waals surface area contributed by atoms with Crippen molar-refractivity contribution in [2.75, 3.05) is 0 Å². The molecule has 1 heterocycles. The van der Waals surface area contributed by atoms with Crippen LogP contribution in [0.4, 0.5) is 9.59 Å². The fourth-order valence-electron chi connectivity index (χ4n) is 2.55. The molecule has 12 heteroatoms. The molecule has 174 valence electrons. The SMILES string of the molecule is CC(=O)Oc1ccc(COC(=O)ON2C(=O)CCC2=O)c(CNNC(=O)OC(C)(C)C)c1. The highest BCUT2D eigenvalue weighted by molar-refractivity contribution is 6.01. The van der Waals surface area contributed by atoms with Gasteiger partial charge in [-0.15, -0.1) is 0 Å². The smallest absolute Gasteiger partial charge is 0.443 e. The second-order valence-corrected chi connectivity index (χ2v) is 7.72. The number of hydrazine groups is 1. The topological polar surface area (TPSA) is 150 Å². The highest BCUT2D eigenvalue weighted by Gasteiger charge is 2.33. The lowest BCUT2D eigenvalue weighted by atomic mass is 10.1. The van der Waals surface area contributed by atoms with Crippen molar-refractivity contribution in [3.63, 3.8) is 0 Å². The summed E-state index contributed by atoms with van der Waals surface area (Å²) in [6, 6.07) is 4.55. The Balaban J connectivity index is 2.00. The van der Waals surface area contributed by atoms with Crippen molar-refractivity contribution >= 4 is 30.0 Å². The molecule has 32 heavy (non-hydrogen) atoms. The van der Waals surface area contributed by atoms with Gasteiger partial charge in [-0.2, -0.15) is 0 Å². The van der Waals surface area contributed by atoms with E-state index in [1.165, 1.54) is 19.1 Å². The number of hydroxylamine groups is 2. The first-order chi connectivity index (χ1) is 14.9. The number of carbonyl (C=O) groups excluding carboxylic acids is 5. The summed E-state index contributed by atoms with van der Waals surface area (Å²) in [5.74, 6) is -1.54. The summed E-state index contributed by atoms with van der Waals surface area (Å²) in [6.45, 7) is 6.17. The molecule has 0 radical (unpaired) electrons. The molecule has 1 aliphatic heterocycles. The minimum atomic E-state index is -1.23. The molecule has 12 nitrogen and oxygen atoms in total. The second-order valence-electron chi connectivity index (χ2n) is 7.72. The Labute approximate surface area is 184 Å². The third-order valence-corrected chi connectivity index (χ3v) is 3.82. The van der Waals surface area contributed by atoms with Gasteiger partial charge in [0.1, 0.15) is 18.0 Å². The van der Waals surface area contributed by atoms with E-state index in [0.717, 1.165) is 0 Å². The Hall–Kier alpha value is -3.67. The van der Waals surface area contributed by atoms with Crippen molar-refractivity contribution in [1.29, 1.82) is 0 Å². The van der Waals surface area contributed by atoms with Gasteiger partial charge in [-0.1, -0.05) is 11.1 Å². The molecule has 3 amide bonds. The molecule has 0 aliphatic carbocycles. The highest BCUT2D eigenvalue weighted by Crippen LogP contribution is 2.20. The van der Waals surface area contributed by atoms with E-state index in [0.29, 0.717) is 16.2 Å². The normalized spacial score (nSPS) is 13.6. The number of nitrogens with one attached hydrogen (secondary N) is 2. The number of rotatable bonds is 7. The number of esters is 1. The zero-order valence-corrected chi connectivity index (χ0v) is 18.2. The predicted octanol–water partition coefficient (Wildman–Crippen LogP) is 1.86. The molecule has 0 saturated carbocycles. The largest absolute Gasteiger partial charge is 0.534 e. The summed E-state index contributed by atoms with van der Waals surface area (Å²) in [6.07, 6.45) is -2.01. The number of ether oxygens (including phenoxy) is 3. The summed E-state index contributed by atoms with van der Waals surface area (Å²) < 4.78 is 15.1. The van der Waals surface area contributed by atoms with E-state index in [4.69, 9.17) is 14.2 Å². The third kappa shape index (κ3) is 7.87. The first-order valence-electron chi connectivity index (χ1n) is 9.67. The minimum absolute atomic E-state index is 0.0375. The molecule has 1 aromatic carbocycles. The van der Waals surface area contributed by atoms with Gasteiger partial charge in [-0.3, -0.25) is 24.6 Å². The van der Waals surface area contributed by atoms with Crippen molar-refractivity contribution in [2.45, 2.75) is 59.3 Å². The quantitative estimate of drug-likeness (QED) is 0.272. The van der Waals surface area contributed by atoms with Crippen LogP contribution < -0.4 is 15.6 Å². The Kier molecular flexibility index (Phi) is 8.13. The molecule has 0 unspecified atom stereocenters. The fraction of sp³-hybridized carbons (Fsp3) is 0.450. The van der Waals surface area contributed by atoms with Crippen molar-refractivity contribution in [3.05, 3.63) is 29.3 Å². The van der Waals surface area contributed by atoms with E-state index in [1.807, 2.05) is 0 Å². The fourth-order valence-corrected chi connectivity index (χ4v) is 2.55. The number of nitrogens with zero attached hydrogens (tertiary/aromatic N) is 1. The van der Waals surface area contributed by atoms with Gasteiger partial charge >= 0.3 is 18.2 Å². The molecular formula is C20H25N3O9. The monoisotopic (exact) mass is 451 g/mol. The number of amides is 3. The maximum atomic E-state index is 11.9. The molecule has 1 saturated heterocycles. The minimum Gasteiger partial charge on any atom is -0.443 e. The van der Waals surface area contributed by atoms with Gasteiger partial charge in [0.2, 0.25) is 0 Å². The van der Waals surface area contributed by atoms with Gasteiger partial charge in [0, 0.05) is 26.3 Å². The van der Waals surface area contributed by atoms with Gasteiger partial charge < -0.3 is 14.2 Å². The van der Waals surface area contributed by atoms with Crippen LogP contribution in [0.3, 0.4) is 0 Å². The lowest BCUT2D eigenvalue weighted by Gasteiger charge is -2.20. The van der Waals surface area contributed by atoms with E-state index in [9.17, 15) is 24.0 Å². The first-order valence-corrected chi connectivity index (χ1v) is 9.67. The van der Waals surface area contributed by atoms with Crippen molar-refractivity contribution in [3.8, 4) is 5.75 Å². The molecular weight excluding hydrogens is 426 g/mol. The van der Waals surface area contributed by atoms with Crippen LogP contribution in [0.25, 0.3) is 0 Å². The summed E-state index contributed by atoms with van der Waals surface area (Å²) in [5.41, 5.74) is 5.35. The number of imide groups is 1. The molecule has 2 rings (SSSR count). The number of carbonyl (C=O) groups is 5. The average molecular weight is 451 g/mol. The van der Waals surface area contributed by atoms with E-state index >= 15 is 0 Å². The van der Waals surface area contributed by atoms with Crippen LogP contribution in [0.1, 0.15) is 51.7 Å².